The van der Waals surface area contributed by atoms with Gasteiger partial charge in [-0.05, 0) is 44.5 Å². The van der Waals surface area contributed by atoms with Gasteiger partial charge in [0.1, 0.15) is 11.5 Å². The molecule has 0 amide bonds. The molecule has 0 aliphatic carbocycles. The van der Waals surface area contributed by atoms with Crippen molar-refractivity contribution in [1.29, 1.82) is 0 Å². The second kappa shape index (κ2) is 6.50. The molecule has 0 aliphatic rings. The van der Waals surface area contributed by atoms with Crippen LogP contribution in [0.3, 0.4) is 0 Å². The predicted molar refractivity (Wildman–Crippen MR) is 69.6 cm³/mol. The summed E-state index contributed by atoms with van der Waals surface area (Å²) < 4.78 is 10.8. The van der Waals surface area contributed by atoms with E-state index in [9.17, 15) is 4.79 Å². The third-order valence-electron chi connectivity index (χ3n) is 2.26. The van der Waals surface area contributed by atoms with E-state index in [1.54, 1.807) is 24.3 Å². The van der Waals surface area contributed by atoms with Gasteiger partial charge in [-0.15, -0.1) is 11.6 Å². The molecule has 0 heterocycles. The number of carboxylic acids is 1. The maximum Gasteiger partial charge on any atom is 0.347 e. The molecule has 0 fully saturated rings. The van der Waals surface area contributed by atoms with E-state index in [2.05, 4.69) is 0 Å². The summed E-state index contributed by atoms with van der Waals surface area (Å²) in [7, 11) is 0. The highest BCUT2D eigenvalue weighted by molar-refractivity contribution is 6.17. The average Bonchev–Trinajstić information content (AvgIpc) is 2.31. The average molecular weight is 273 g/mol. The Morgan fingerprint density at radius 3 is 2.33 bits per heavy atom. The standard InChI is InChI=1S/C13H17ClO4/c1-13(2,12(15)16)18-11-6-4-10(5-7-11)17-9-3-8-14/h4-7H,3,8-9H2,1-2H3,(H,15,16). The molecule has 0 bridgehead atoms. The summed E-state index contributed by atoms with van der Waals surface area (Å²) in [6.07, 6.45) is 0.784. The van der Waals surface area contributed by atoms with Gasteiger partial charge in [0, 0.05) is 5.88 Å². The van der Waals surface area contributed by atoms with E-state index < -0.39 is 11.6 Å². The smallest absolute Gasteiger partial charge is 0.347 e. The van der Waals surface area contributed by atoms with E-state index in [0.29, 0.717) is 24.0 Å². The lowest BCUT2D eigenvalue weighted by Crippen LogP contribution is -2.37. The van der Waals surface area contributed by atoms with E-state index in [1.807, 2.05) is 0 Å². The van der Waals surface area contributed by atoms with Crippen molar-refractivity contribution in [2.45, 2.75) is 25.9 Å². The Morgan fingerprint density at radius 1 is 1.28 bits per heavy atom. The van der Waals surface area contributed by atoms with Gasteiger partial charge in [0.25, 0.3) is 0 Å². The first-order valence-electron chi connectivity index (χ1n) is 5.67. The van der Waals surface area contributed by atoms with Crippen molar-refractivity contribution >= 4 is 17.6 Å². The number of rotatable bonds is 7. The lowest BCUT2D eigenvalue weighted by Gasteiger charge is -2.21. The van der Waals surface area contributed by atoms with Crippen molar-refractivity contribution in [2.24, 2.45) is 0 Å². The maximum atomic E-state index is 10.9. The van der Waals surface area contributed by atoms with Gasteiger partial charge in [-0.1, -0.05) is 0 Å². The van der Waals surface area contributed by atoms with Crippen LogP contribution in [0.2, 0.25) is 0 Å². The monoisotopic (exact) mass is 272 g/mol. The van der Waals surface area contributed by atoms with E-state index >= 15 is 0 Å². The van der Waals surface area contributed by atoms with E-state index in [1.165, 1.54) is 13.8 Å². The molecule has 4 nitrogen and oxygen atoms in total. The van der Waals surface area contributed by atoms with E-state index in [0.717, 1.165) is 6.42 Å². The van der Waals surface area contributed by atoms with Crippen LogP contribution in [-0.2, 0) is 4.79 Å². The molecule has 0 radical (unpaired) electrons. The van der Waals surface area contributed by atoms with Gasteiger partial charge in [0.15, 0.2) is 5.60 Å². The third-order valence-corrected chi connectivity index (χ3v) is 2.53. The molecule has 0 saturated carbocycles. The maximum absolute atomic E-state index is 10.9. The van der Waals surface area contributed by atoms with Crippen molar-refractivity contribution in [3.63, 3.8) is 0 Å². The number of carbonyl (C=O) groups is 1. The first-order valence-corrected chi connectivity index (χ1v) is 6.20. The molecule has 0 aliphatic heterocycles. The topological polar surface area (TPSA) is 55.8 Å². The lowest BCUT2D eigenvalue weighted by atomic mass is 10.1. The molecule has 0 atom stereocenters. The van der Waals surface area contributed by atoms with Gasteiger partial charge < -0.3 is 14.6 Å². The van der Waals surface area contributed by atoms with Crippen molar-refractivity contribution in [3.8, 4) is 11.5 Å². The summed E-state index contributed by atoms with van der Waals surface area (Å²) >= 11 is 5.54. The zero-order valence-electron chi connectivity index (χ0n) is 10.5. The van der Waals surface area contributed by atoms with Gasteiger partial charge in [0.05, 0.1) is 6.61 Å². The molecule has 1 rings (SSSR count). The molecule has 1 N–H and O–H groups in total. The van der Waals surface area contributed by atoms with E-state index in [4.69, 9.17) is 26.2 Å². The largest absolute Gasteiger partial charge is 0.494 e. The summed E-state index contributed by atoms with van der Waals surface area (Å²) in [6.45, 7) is 3.56. The number of aliphatic carboxylic acids is 1. The Kier molecular flexibility index (Phi) is 5.28. The highest BCUT2D eigenvalue weighted by Crippen LogP contribution is 2.22. The number of ether oxygens (including phenoxy) is 2. The fraction of sp³-hybridized carbons (Fsp3) is 0.462. The normalized spacial score (nSPS) is 11.1. The molecule has 0 spiro atoms. The molecule has 1 aromatic rings. The van der Waals surface area contributed by atoms with Crippen LogP contribution in [0.5, 0.6) is 11.5 Å². The minimum absolute atomic E-state index is 0.493. The van der Waals surface area contributed by atoms with Gasteiger partial charge in [-0.3, -0.25) is 0 Å². The van der Waals surface area contributed by atoms with Crippen LogP contribution in [0.4, 0.5) is 0 Å². The number of benzene rings is 1. The number of hydrogen-bond donors (Lipinski definition) is 1. The summed E-state index contributed by atoms with van der Waals surface area (Å²) in [5.74, 6) is 0.756. The Labute approximate surface area is 111 Å². The zero-order chi connectivity index (χ0) is 13.6. The van der Waals surface area contributed by atoms with Crippen molar-refractivity contribution < 1.29 is 19.4 Å². The fourth-order valence-corrected chi connectivity index (χ4v) is 1.30. The fourth-order valence-electron chi connectivity index (χ4n) is 1.19. The number of carboxylic acid groups (broad SMARTS) is 1. The summed E-state index contributed by atoms with van der Waals surface area (Å²) in [5, 5.41) is 8.94. The number of alkyl halides is 1. The van der Waals surface area contributed by atoms with Crippen LogP contribution >= 0.6 is 11.6 Å². The third kappa shape index (κ3) is 4.45. The molecule has 0 aromatic heterocycles. The molecule has 1 aromatic carbocycles. The van der Waals surface area contributed by atoms with Crippen molar-refractivity contribution in [3.05, 3.63) is 24.3 Å². The van der Waals surface area contributed by atoms with Crippen LogP contribution in [-0.4, -0.2) is 29.2 Å². The van der Waals surface area contributed by atoms with Gasteiger partial charge >= 0.3 is 5.97 Å². The number of halogens is 1. The first kappa shape index (κ1) is 14.6. The minimum Gasteiger partial charge on any atom is -0.494 e. The van der Waals surface area contributed by atoms with Gasteiger partial charge in [-0.25, -0.2) is 4.79 Å². The van der Waals surface area contributed by atoms with E-state index in [-0.39, 0.29) is 0 Å². The molecular formula is C13H17ClO4. The molecule has 5 heteroatoms. The summed E-state index contributed by atoms with van der Waals surface area (Å²) in [5.41, 5.74) is -1.25. The summed E-state index contributed by atoms with van der Waals surface area (Å²) in [4.78, 5) is 10.9. The van der Waals surface area contributed by atoms with Crippen LogP contribution in [0.15, 0.2) is 24.3 Å². The lowest BCUT2D eigenvalue weighted by molar-refractivity contribution is -0.152. The van der Waals surface area contributed by atoms with Crippen LogP contribution < -0.4 is 9.47 Å². The second-order valence-electron chi connectivity index (χ2n) is 4.28. The molecule has 0 saturated heterocycles. The Bertz CT molecular complexity index is 386. The highest BCUT2D eigenvalue weighted by atomic mass is 35.5. The number of hydrogen-bond acceptors (Lipinski definition) is 3. The quantitative estimate of drug-likeness (QED) is 0.612. The minimum atomic E-state index is -1.25. The molecule has 0 unspecified atom stereocenters. The van der Waals surface area contributed by atoms with Crippen LogP contribution in [0.25, 0.3) is 0 Å². The summed E-state index contributed by atoms with van der Waals surface area (Å²) in [6, 6.07) is 6.84. The van der Waals surface area contributed by atoms with Crippen molar-refractivity contribution in [1.82, 2.24) is 0 Å². The molecule has 100 valence electrons. The Hall–Kier alpha value is -1.42. The van der Waals surface area contributed by atoms with Crippen molar-refractivity contribution in [2.75, 3.05) is 12.5 Å². The second-order valence-corrected chi connectivity index (χ2v) is 4.66. The predicted octanol–water partition coefficient (Wildman–Crippen LogP) is 2.94. The van der Waals surface area contributed by atoms with Crippen LogP contribution in [0, 0.1) is 0 Å². The molecule has 18 heavy (non-hydrogen) atoms. The molecular weight excluding hydrogens is 256 g/mol. The first-order chi connectivity index (χ1) is 8.45. The van der Waals surface area contributed by atoms with Gasteiger partial charge in [-0.2, -0.15) is 0 Å². The zero-order valence-corrected chi connectivity index (χ0v) is 11.2. The Morgan fingerprint density at radius 2 is 1.83 bits per heavy atom. The van der Waals surface area contributed by atoms with Gasteiger partial charge in [0.2, 0.25) is 0 Å². The Balaban J connectivity index is 2.57. The van der Waals surface area contributed by atoms with Crippen LogP contribution in [0.1, 0.15) is 20.3 Å². The SMILES string of the molecule is CC(C)(Oc1ccc(OCCCCl)cc1)C(=O)O. The highest BCUT2D eigenvalue weighted by Gasteiger charge is 2.29.